The minimum atomic E-state index is -0.158. The van der Waals surface area contributed by atoms with Crippen LogP contribution in [0.4, 0.5) is 5.69 Å². The molecule has 4 heteroatoms. The fraction of sp³-hybridized carbons (Fsp3) is 0.304. The molecule has 0 saturated heterocycles. The number of hydrogen-bond donors (Lipinski definition) is 1. The first kappa shape index (κ1) is 17.5. The van der Waals surface area contributed by atoms with Crippen LogP contribution in [-0.4, -0.2) is 15.5 Å². The van der Waals surface area contributed by atoms with Crippen molar-refractivity contribution in [3.05, 3.63) is 72.2 Å². The summed E-state index contributed by atoms with van der Waals surface area (Å²) in [5, 5.41) is 3.15. The summed E-state index contributed by atoms with van der Waals surface area (Å²) in [5.41, 5.74) is 3.80. The molecule has 1 aliphatic heterocycles. The van der Waals surface area contributed by atoms with Gasteiger partial charge >= 0.3 is 0 Å². The zero-order chi connectivity index (χ0) is 18.6. The molecule has 3 aromatic rings. The van der Waals surface area contributed by atoms with Crippen molar-refractivity contribution in [3.8, 4) is 11.3 Å². The highest BCUT2D eigenvalue weighted by molar-refractivity contribution is 5.98. The number of carbonyl (C=O) groups is 1. The number of imidazole rings is 1. The third-order valence-corrected chi connectivity index (χ3v) is 5.30. The Bertz CT molecular complexity index is 906. The first-order chi connectivity index (χ1) is 13.3. The number of carbonyl (C=O) groups excluding carboxylic acids is 1. The third kappa shape index (κ3) is 3.65. The summed E-state index contributed by atoms with van der Waals surface area (Å²) in [4.78, 5) is 17.8. The highest BCUT2D eigenvalue weighted by Gasteiger charge is 2.21. The fourth-order valence-electron chi connectivity index (χ4n) is 3.84. The molecule has 1 atom stereocenters. The van der Waals surface area contributed by atoms with Crippen molar-refractivity contribution in [3.63, 3.8) is 0 Å². The van der Waals surface area contributed by atoms with E-state index in [1.54, 1.807) is 0 Å². The van der Waals surface area contributed by atoms with E-state index in [1.807, 2.05) is 61.5 Å². The van der Waals surface area contributed by atoms with Crippen molar-refractivity contribution >= 4 is 11.6 Å². The molecule has 0 spiro atoms. The molecule has 2 aromatic carbocycles. The molecule has 1 amide bonds. The lowest BCUT2D eigenvalue weighted by Crippen LogP contribution is -2.21. The van der Waals surface area contributed by atoms with Crippen LogP contribution in [0, 0.1) is 0 Å². The van der Waals surface area contributed by atoms with E-state index in [0.717, 1.165) is 47.7 Å². The van der Waals surface area contributed by atoms with E-state index >= 15 is 0 Å². The second-order valence-electron chi connectivity index (χ2n) is 7.10. The summed E-state index contributed by atoms with van der Waals surface area (Å²) in [5.74, 6) is 1.02. The molecular formula is C23H25N3O. The van der Waals surface area contributed by atoms with Gasteiger partial charge in [0.05, 0.1) is 17.3 Å². The molecule has 0 aliphatic carbocycles. The van der Waals surface area contributed by atoms with Crippen LogP contribution in [0.5, 0.6) is 0 Å². The maximum Gasteiger partial charge on any atom is 0.231 e. The average molecular weight is 359 g/mol. The lowest BCUT2D eigenvalue weighted by Gasteiger charge is -2.17. The molecule has 27 heavy (non-hydrogen) atoms. The highest BCUT2D eigenvalue weighted by Crippen LogP contribution is 2.30. The van der Waals surface area contributed by atoms with Crippen LogP contribution in [0.25, 0.3) is 11.3 Å². The summed E-state index contributed by atoms with van der Waals surface area (Å²) < 4.78 is 2.25. The van der Waals surface area contributed by atoms with E-state index < -0.39 is 0 Å². The van der Waals surface area contributed by atoms with Gasteiger partial charge in [0.25, 0.3) is 0 Å². The van der Waals surface area contributed by atoms with E-state index in [0.29, 0.717) is 0 Å². The number of aromatic nitrogens is 2. The predicted octanol–water partition coefficient (Wildman–Crippen LogP) is 5.02. The molecule has 1 aliphatic rings. The van der Waals surface area contributed by atoms with Gasteiger partial charge in [-0.2, -0.15) is 0 Å². The van der Waals surface area contributed by atoms with Crippen molar-refractivity contribution in [1.82, 2.24) is 9.55 Å². The smallest absolute Gasteiger partial charge is 0.231 e. The van der Waals surface area contributed by atoms with Crippen molar-refractivity contribution < 1.29 is 4.79 Å². The van der Waals surface area contributed by atoms with Crippen molar-refractivity contribution in [2.75, 3.05) is 5.32 Å². The summed E-state index contributed by atoms with van der Waals surface area (Å²) in [7, 11) is 0. The quantitative estimate of drug-likeness (QED) is 0.695. The first-order valence-electron chi connectivity index (χ1n) is 9.77. The molecular weight excluding hydrogens is 334 g/mol. The fourth-order valence-corrected chi connectivity index (χ4v) is 3.84. The van der Waals surface area contributed by atoms with Crippen LogP contribution < -0.4 is 5.32 Å². The van der Waals surface area contributed by atoms with Crippen molar-refractivity contribution in [1.29, 1.82) is 0 Å². The topological polar surface area (TPSA) is 46.9 Å². The Kier molecular flexibility index (Phi) is 5.05. The zero-order valence-corrected chi connectivity index (χ0v) is 15.7. The summed E-state index contributed by atoms with van der Waals surface area (Å²) in [6.45, 7) is 3.08. The summed E-state index contributed by atoms with van der Waals surface area (Å²) in [6, 6.07) is 17.9. The number of hydrogen-bond acceptors (Lipinski definition) is 2. The Morgan fingerprint density at radius 3 is 2.67 bits per heavy atom. The molecule has 0 fully saturated rings. The van der Waals surface area contributed by atoms with Gasteiger partial charge in [0.1, 0.15) is 5.82 Å². The largest absolute Gasteiger partial charge is 0.334 e. The van der Waals surface area contributed by atoms with E-state index in [1.165, 1.54) is 12.8 Å². The van der Waals surface area contributed by atoms with Gasteiger partial charge in [0.2, 0.25) is 5.91 Å². The number of benzene rings is 2. The van der Waals surface area contributed by atoms with E-state index in [9.17, 15) is 4.79 Å². The molecule has 138 valence electrons. The zero-order valence-electron chi connectivity index (χ0n) is 15.7. The second kappa shape index (κ2) is 7.78. The van der Waals surface area contributed by atoms with E-state index in [4.69, 9.17) is 4.98 Å². The molecule has 4 nitrogen and oxygen atoms in total. The molecule has 0 unspecified atom stereocenters. The van der Waals surface area contributed by atoms with E-state index in [2.05, 4.69) is 16.1 Å². The molecule has 0 bridgehead atoms. The summed E-state index contributed by atoms with van der Waals surface area (Å²) >= 11 is 0. The highest BCUT2D eigenvalue weighted by atomic mass is 16.1. The van der Waals surface area contributed by atoms with Gasteiger partial charge in [0.15, 0.2) is 0 Å². The Balaban J connectivity index is 1.61. The molecule has 1 N–H and O–H groups in total. The van der Waals surface area contributed by atoms with Crippen LogP contribution in [0.2, 0.25) is 0 Å². The average Bonchev–Trinajstić information content (AvgIpc) is 3.14. The number of anilines is 1. The Hall–Kier alpha value is -2.88. The Labute approximate surface area is 160 Å². The maximum atomic E-state index is 13.0. The van der Waals surface area contributed by atoms with Gasteiger partial charge in [-0.1, -0.05) is 55.5 Å². The van der Waals surface area contributed by atoms with Gasteiger partial charge in [-0.25, -0.2) is 4.98 Å². The van der Waals surface area contributed by atoms with Gasteiger partial charge in [-0.05, 0) is 30.9 Å². The van der Waals surface area contributed by atoms with Gasteiger partial charge < -0.3 is 9.88 Å². The minimum Gasteiger partial charge on any atom is -0.334 e. The van der Waals surface area contributed by atoms with E-state index in [-0.39, 0.29) is 11.8 Å². The molecule has 4 rings (SSSR count). The van der Waals surface area contributed by atoms with Crippen LogP contribution in [-0.2, 0) is 17.8 Å². The lowest BCUT2D eigenvalue weighted by atomic mass is 9.95. The van der Waals surface area contributed by atoms with Crippen molar-refractivity contribution in [2.45, 2.75) is 45.1 Å². The second-order valence-corrected chi connectivity index (χ2v) is 7.10. The normalized spacial score (nSPS) is 14.4. The van der Waals surface area contributed by atoms with Gasteiger partial charge in [0, 0.05) is 24.7 Å². The van der Waals surface area contributed by atoms with Gasteiger partial charge in [-0.15, -0.1) is 0 Å². The van der Waals surface area contributed by atoms with Crippen molar-refractivity contribution in [2.24, 2.45) is 0 Å². The monoisotopic (exact) mass is 359 g/mol. The van der Waals surface area contributed by atoms with Crippen LogP contribution in [0.1, 0.15) is 43.5 Å². The molecule has 2 heterocycles. The number of para-hydroxylation sites is 1. The van der Waals surface area contributed by atoms with Gasteiger partial charge in [-0.3, -0.25) is 4.79 Å². The van der Waals surface area contributed by atoms with Crippen LogP contribution in [0.15, 0.2) is 60.8 Å². The third-order valence-electron chi connectivity index (χ3n) is 5.30. The Morgan fingerprint density at radius 2 is 1.89 bits per heavy atom. The number of nitrogens with one attached hydrogen (secondary N) is 1. The number of fused-ring (bicyclic) bond motifs is 1. The van der Waals surface area contributed by atoms with Crippen LogP contribution in [0.3, 0.4) is 0 Å². The number of rotatable bonds is 5. The molecule has 0 saturated carbocycles. The van der Waals surface area contributed by atoms with Crippen LogP contribution >= 0.6 is 0 Å². The molecule has 1 aromatic heterocycles. The first-order valence-corrected chi connectivity index (χ1v) is 9.77. The number of aryl methyl sites for hydroxylation is 2. The standard InChI is InChI=1S/C23H25N3O/c1-2-18(17-10-4-3-5-11-17)23(27)25-20-13-7-6-12-19(20)21-16-26-15-9-8-14-22(26)24-21/h3-7,10-13,16,18H,2,8-9,14-15H2,1H3,(H,25,27)/t18-/m0/s1. The number of amides is 1. The number of nitrogens with zero attached hydrogens (tertiary/aromatic N) is 2. The predicted molar refractivity (Wildman–Crippen MR) is 109 cm³/mol. The SMILES string of the molecule is CC[C@H](C(=O)Nc1ccccc1-c1cn2c(n1)CCCC2)c1ccccc1. The molecule has 0 radical (unpaired) electrons. The Morgan fingerprint density at radius 1 is 1.11 bits per heavy atom. The minimum absolute atomic E-state index is 0.0279. The lowest BCUT2D eigenvalue weighted by molar-refractivity contribution is -0.117. The maximum absolute atomic E-state index is 13.0. The summed E-state index contributed by atoms with van der Waals surface area (Å²) in [6.07, 6.45) is 6.31.